The van der Waals surface area contributed by atoms with Gasteiger partial charge < -0.3 is 11.5 Å². The Kier molecular flexibility index (Phi) is 4.24. The third-order valence-electron chi connectivity index (χ3n) is 2.24. The van der Waals surface area contributed by atoms with Gasteiger partial charge in [-0.15, -0.1) is 0 Å². The molecule has 0 radical (unpaired) electrons. The lowest BCUT2D eigenvalue weighted by atomic mass is 10.0. The quantitative estimate of drug-likeness (QED) is 0.772. The fourth-order valence-electron chi connectivity index (χ4n) is 1.37. The normalized spacial score (nSPS) is 12.4. The zero-order valence-electron chi connectivity index (χ0n) is 8.45. The minimum absolute atomic E-state index is 0.162. The maximum Gasteiger partial charge on any atom is 0.217 e. The Bertz CT molecular complexity index is 324. The lowest BCUT2D eigenvalue weighted by molar-refractivity contribution is -0.118. The summed E-state index contributed by atoms with van der Waals surface area (Å²) in [4.78, 5) is 10.5. The molecule has 0 aliphatic carbocycles. The average molecular weight is 210 g/mol. The molecule has 1 aromatic carbocycles. The monoisotopic (exact) mass is 210 g/mol. The van der Waals surface area contributed by atoms with Crippen LogP contribution >= 0.6 is 0 Å². The van der Waals surface area contributed by atoms with E-state index in [2.05, 4.69) is 0 Å². The molecule has 0 aliphatic heterocycles. The molecule has 0 saturated heterocycles. The van der Waals surface area contributed by atoms with E-state index < -0.39 is 0 Å². The summed E-state index contributed by atoms with van der Waals surface area (Å²) in [5, 5.41) is 0. The molecule has 4 heteroatoms. The number of nitrogens with two attached hydrogens (primary N) is 2. The number of rotatable bonds is 5. The first-order valence-electron chi connectivity index (χ1n) is 4.89. The lowest BCUT2D eigenvalue weighted by Crippen LogP contribution is -2.13. The molecule has 0 aromatic heterocycles. The zero-order chi connectivity index (χ0) is 11.3. The summed E-state index contributed by atoms with van der Waals surface area (Å²) in [6.45, 7) is 0. The molecule has 0 fully saturated rings. The average Bonchev–Trinajstić information content (AvgIpc) is 2.18. The fraction of sp³-hybridized carbons (Fsp3) is 0.364. The van der Waals surface area contributed by atoms with Crippen molar-refractivity contribution in [2.75, 3.05) is 0 Å². The highest BCUT2D eigenvalue weighted by Gasteiger charge is 2.06. The molecule has 0 spiro atoms. The Morgan fingerprint density at radius 3 is 2.47 bits per heavy atom. The highest BCUT2D eigenvalue weighted by molar-refractivity contribution is 5.73. The smallest absolute Gasteiger partial charge is 0.217 e. The highest BCUT2D eigenvalue weighted by atomic mass is 19.1. The van der Waals surface area contributed by atoms with Crippen LogP contribution in [0, 0.1) is 5.82 Å². The SMILES string of the molecule is NC(=O)CCCC(N)c1ccc(F)cc1. The first kappa shape index (κ1) is 11.7. The standard InChI is InChI=1S/C11H15FN2O/c12-9-6-4-8(5-7-9)10(13)2-1-3-11(14)15/h4-7,10H,1-3,13H2,(H2,14,15). The van der Waals surface area contributed by atoms with Crippen LogP contribution in [0.2, 0.25) is 0 Å². The van der Waals surface area contributed by atoms with Gasteiger partial charge in [0.2, 0.25) is 5.91 Å². The number of carbonyl (C=O) groups is 1. The van der Waals surface area contributed by atoms with Crippen molar-refractivity contribution in [1.82, 2.24) is 0 Å². The van der Waals surface area contributed by atoms with Crippen LogP contribution in [0.5, 0.6) is 0 Å². The second-order valence-electron chi connectivity index (χ2n) is 3.52. The second kappa shape index (κ2) is 5.46. The fourth-order valence-corrected chi connectivity index (χ4v) is 1.37. The number of hydrogen-bond acceptors (Lipinski definition) is 2. The first-order valence-corrected chi connectivity index (χ1v) is 4.89. The molecule has 0 bridgehead atoms. The van der Waals surface area contributed by atoms with Crippen molar-refractivity contribution in [3.05, 3.63) is 35.6 Å². The van der Waals surface area contributed by atoms with Crippen molar-refractivity contribution < 1.29 is 9.18 Å². The molecule has 0 saturated carbocycles. The Morgan fingerprint density at radius 1 is 1.33 bits per heavy atom. The van der Waals surface area contributed by atoms with Crippen molar-refractivity contribution >= 4 is 5.91 Å². The van der Waals surface area contributed by atoms with Gasteiger partial charge in [-0.3, -0.25) is 4.79 Å². The minimum Gasteiger partial charge on any atom is -0.370 e. The van der Waals surface area contributed by atoms with E-state index in [4.69, 9.17) is 11.5 Å². The van der Waals surface area contributed by atoms with Crippen molar-refractivity contribution in [3.63, 3.8) is 0 Å². The van der Waals surface area contributed by atoms with E-state index in [1.54, 1.807) is 12.1 Å². The molecule has 1 rings (SSSR count). The Balaban J connectivity index is 2.43. The molecule has 1 unspecified atom stereocenters. The molecular weight excluding hydrogens is 195 g/mol. The third kappa shape index (κ3) is 4.08. The van der Waals surface area contributed by atoms with Crippen molar-refractivity contribution in [3.8, 4) is 0 Å². The van der Waals surface area contributed by atoms with E-state index in [1.807, 2.05) is 0 Å². The molecule has 1 atom stereocenters. The van der Waals surface area contributed by atoms with Crippen molar-refractivity contribution in [2.24, 2.45) is 11.5 Å². The van der Waals surface area contributed by atoms with E-state index in [-0.39, 0.29) is 17.8 Å². The first-order chi connectivity index (χ1) is 7.09. The minimum atomic E-state index is -0.318. The van der Waals surface area contributed by atoms with Crippen LogP contribution in [0.15, 0.2) is 24.3 Å². The summed E-state index contributed by atoms with van der Waals surface area (Å²) in [5.74, 6) is -0.593. The largest absolute Gasteiger partial charge is 0.370 e. The van der Waals surface area contributed by atoms with Crippen LogP contribution in [0.25, 0.3) is 0 Å². The predicted molar refractivity (Wildman–Crippen MR) is 56.4 cm³/mol. The summed E-state index contributed by atoms with van der Waals surface area (Å²) in [6.07, 6.45) is 1.68. The molecule has 0 aliphatic rings. The molecule has 3 nitrogen and oxygen atoms in total. The van der Waals surface area contributed by atoms with E-state index in [0.29, 0.717) is 19.3 Å². The molecule has 15 heavy (non-hydrogen) atoms. The van der Waals surface area contributed by atoms with Gasteiger partial charge in [-0.05, 0) is 30.5 Å². The van der Waals surface area contributed by atoms with Gasteiger partial charge in [0.1, 0.15) is 5.82 Å². The molecule has 82 valence electrons. The zero-order valence-corrected chi connectivity index (χ0v) is 8.45. The lowest BCUT2D eigenvalue weighted by Gasteiger charge is -2.10. The second-order valence-corrected chi connectivity index (χ2v) is 3.52. The van der Waals surface area contributed by atoms with Gasteiger partial charge in [0.15, 0.2) is 0 Å². The van der Waals surface area contributed by atoms with E-state index >= 15 is 0 Å². The summed E-state index contributed by atoms with van der Waals surface area (Å²) in [7, 11) is 0. The molecule has 1 amide bonds. The maximum absolute atomic E-state index is 12.6. The number of carbonyl (C=O) groups excluding carboxylic acids is 1. The topological polar surface area (TPSA) is 69.1 Å². The van der Waals surface area contributed by atoms with Gasteiger partial charge >= 0.3 is 0 Å². The predicted octanol–water partition coefficient (Wildman–Crippen LogP) is 1.48. The summed E-state index contributed by atoms with van der Waals surface area (Å²) < 4.78 is 12.6. The number of benzene rings is 1. The summed E-state index contributed by atoms with van der Waals surface area (Å²) in [5.41, 5.74) is 11.7. The Labute approximate surface area is 88.3 Å². The van der Waals surface area contributed by atoms with Gasteiger partial charge in [-0.1, -0.05) is 12.1 Å². The molecule has 0 heterocycles. The molecule has 4 N–H and O–H groups in total. The van der Waals surface area contributed by atoms with Crippen LogP contribution in [-0.2, 0) is 4.79 Å². The third-order valence-corrected chi connectivity index (χ3v) is 2.24. The highest BCUT2D eigenvalue weighted by Crippen LogP contribution is 2.16. The van der Waals surface area contributed by atoms with Crippen LogP contribution in [0.1, 0.15) is 30.9 Å². The van der Waals surface area contributed by atoms with E-state index in [9.17, 15) is 9.18 Å². The van der Waals surface area contributed by atoms with Crippen LogP contribution in [-0.4, -0.2) is 5.91 Å². The Morgan fingerprint density at radius 2 is 1.93 bits per heavy atom. The van der Waals surface area contributed by atoms with Crippen LogP contribution in [0.4, 0.5) is 4.39 Å². The van der Waals surface area contributed by atoms with Gasteiger partial charge in [0.25, 0.3) is 0 Å². The van der Waals surface area contributed by atoms with Crippen LogP contribution < -0.4 is 11.5 Å². The maximum atomic E-state index is 12.6. The van der Waals surface area contributed by atoms with Crippen molar-refractivity contribution in [2.45, 2.75) is 25.3 Å². The number of amides is 1. The summed E-state index contributed by atoms with van der Waals surface area (Å²) in [6, 6.07) is 5.91. The number of halogens is 1. The van der Waals surface area contributed by atoms with Gasteiger partial charge in [-0.2, -0.15) is 0 Å². The Hall–Kier alpha value is -1.42. The van der Waals surface area contributed by atoms with E-state index in [0.717, 1.165) is 5.56 Å². The van der Waals surface area contributed by atoms with Gasteiger partial charge in [-0.25, -0.2) is 4.39 Å². The van der Waals surface area contributed by atoms with Gasteiger partial charge in [0, 0.05) is 12.5 Å². The number of primary amides is 1. The molecular formula is C11H15FN2O. The summed E-state index contributed by atoms with van der Waals surface area (Å²) >= 11 is 0. The van der Waals surface area contributed by atoms with Crippen molar-refractivity contribution in [1.29, 1.82) is 0 Å². The van der Waals surface area contributed by atoms with Crippen LogP contribution in [0.3, 0.4) is 0 Å². The number of hydrogen-bond donors (Lipinski definition) is 2. The van der Waals surface area contributed by atoms with Gasteiger partial charge in [0.05, 0.1) is 0 Å². The molecule has 1 aromatic rings. The van der Waals surface area contributed by atoms with E-state index in [1.165, 1.54) is 12.1 Å².